The van der Waals surface area contributed by atoms with Gasteiger partial charge in [0, 0.05) is 59.5 Å². The molecule has 0 aliphatic carbocycles. The highest BCUT2D eigenvalue weighted by molar-refractivity contribution is 7.17. The summed E-state index contributed by atoms with van der Waals surface area (Å²) in [5, 5.41) is 22.0. The van der Waals surface area contributed by atoms with Crippen LogP contribution in [0.4, 0.5) is 31.8 Å². The molecular weight excluding hydrogens is 1090 g/mol. The smallest absolute Gasteiger partial charge is 0.319 e. The molecule has 17 nitrogen and oxygen atoms in total. The summed E-state index contributed by atoms with van der Waals surface area (Å²) in [5.74, 6) is 3.97. The number of amides is 6. The minimum absolute atomic E-state index is 0.128. The molecule has 456 valence electrons. The number of carbonyl (C=O) groups excluding carboxylic acids is 4. The Morgan fingerprint density at radius 1 is 0.659 bits per heavy atom. The second-order valence-electron chi connectivity index (χ2n) is 22.2. The molecule has 2 saturated heterocycles. The molecule has 0 saturated carbocycles. The van der Waals surface area contributed by atoms with Crippen molar-refractivity contribution in [3.63, 3.8) is 0 Å². The highest BCUT2D eigenvalue weighted by Gasteiger charge is 2.28. The predicted molar refractivity (Wildman–Crippen MR) is 342 cm³/mol. The Morgan fingerprint density at radius 3 is 1.82 bits per heavy atom. The molecule has 6 amide bonds. The van der Waals surface area contributed by atoms with Gasteiger partial charge in [-0.05, 0) is 217 Å². The maximum absolute atomic E-state index is 13.0. The summed E-state index contributed by atoms with van der Waals surface area (Å²) in [7, 11) is 1.60. The first kappa shape index (κ1) is 65.0. The summed E-state index contributed by atoms with van der Waals surface area (Å²) in [6.45, 7) is 21.3. The molecule has 18 heteroatoms. The highest BCUT2D eigenvalue weighted by atomic mass is 32.1. The number of aromatic nitrogens is 1. The number of thiazole rings is 1. The molecule has 0 radical (unpaired) electrons. The molecule has 1 aromatic heterocycles. The van der Waals surface area contributed by atoms with E-state index >= 15 is 0 Å². The van der Waals surface area contributed by atoms with E-state index in [4.69, 9.17) is 18.9 Å². The Kier molecular flexibility index (Phi) is 25.9. The van der Waals surface area contributed by atoms with Crippen LogP contribution >= 0.6 is 11.3 Å². The lowest BCUT2D eigenvalue weighted by Gasteiger charge is -2.34. The van der Waals surface area contributed by atoms with Gasteiger partial charge in [-0.1, -0.05) is 71.4 Å². The third-order valence-corrected chi connectivity index (χ3v) is 16.4. The van der Waals surface area contributed by atoms with Crippen molar-refractivity contribution < 1.29 is 38.1 Å². The van der Waals surface area contributed by atoms with Gasteiger partial charge < -0.3 is 55.7 Å². The molecule has 6 aromatic rings. The van der Waals surface area contributed by atoms with E-state index in [1.165, 1.54) is 62.1 Å². The number of rotatable bonds is 26. The van der Waals surface area contributed by atoms with Crippen molar-refractivity contribution in [3.8, 4) is 28.1 Å². The lowest BCUT2D eigenvalue weighted by Crippen LogP contribution is -2.37. The van der Waals surface area contributed by atoms with E-state index in [1.807, 2.05) is 81.4 Å². The summed E-state index contributed by atoms with van der Waals surface area (Å²) in [6, 6.07) is 33.3. The van der Waals surface area contributed by atoms with Crippen molar-refractivity contribution in [2.45, 2.75) is 137 Å². The molecule has 3 heterocycles. The number of carbonyl (C=O) groups is 4. The Hall–Kier alpha value is -7.51. The van der Waals surface area contributed by atoms with Crippen LogP contribution in [0.25, 0.3) is 0 Å². The summed E-state index contributed by atoms with van der Waals surface area (Å²) in [6.07, 6.45) is 12.4. The molecular formula is C67H89N9O8S. The van der Waals surface area contributed by atoms with Crippen LogP contribution in [0, 0.1) is 18.8 Å². The summed E-state index contributed by atoms with van der Waals surface area (Å²) < 4.78 is 23.4. The lowest BCUT2D eigenvalue weighted by molar-refractivity contribution is 0.101. The molecule has 7 N–H and O–H groups in total. The maximum Gasteiger partial charge on any atom is 0.319 e. The van der Waals surface area contributed by atoms with Crippen molar-refractivity contribution >= 4 is 57.4 Å². The number of likely N-dealkylation sites (tertiary alicyclic amines) is 1. The Balaban J connectivity index is 0.000000244. The van der Waals surface area contributed by atoms with Gasteiger partial charge in [0.25, 0.3) is 11.8 Å². The van der Waals surface area contributed by atoms with Crippen LogP contribution in [-0.4, -0.2) is 92.3 Å². The SMILES string of the molecule is CCC(CC)NC(=O)Nc1ccc(Oc2ccc(NC(=O)c3ccc(OCCCN4CCCCC4)cc3)cc2C)cc1.CCC(CC)NC(=O)Nc1ccc(Oc2cnc(NC(=O)c3ccc(C(C(C)C)C4CCNCC4)cc3)s2)c(COC)c1. The standard InChI is InChI=1S/C34H44N4O4.C33H45N5O4S/c1-4-27(5-2)36-34(40)37-28-12-17-31(18-13-28)42-32-19-14-29(24-25(32)3)35-33(39)26-10-15-30(16-11-26)41-23-9-22-38-20-7-6-8-21-38;1-6-26(7-2)36-32(40)37-27-12-13-28(25(18-27)20-41-5)42-29-19-35-33(43-29)38-31(39)24-10-8-22(9-11-24)30(21(3)4)23-14-16-34-17-15-23/h10-19,24,27H,4-9,20-23H2,1-3H3,(H,35,39)(H2,36,37,40);8-13,18-19,21,23,26,30,34H,6-7,14-17,20H2,1-5H3,(H,35,38,39)(H2,36,37,40). The van der Waals surface area contributed by atoms with Crippen molar-refractivity contribution in [3.05, 3.63) is 143 Å². The number of piperidine rings is 2. The number of ether oxygens (including phenoxy) is 4. The van der Waals surface area contributed by atoms with Crippen LogP contribution in [0.2, 0.25) is 0 Å². The second-order valence-corrected chi connectivity index (χ2v) is 23.2. The number of hydrogen-bond acceptors (Lipinski definition) is 12. The fraction of sp³-hybridized carbons (Fsp3) is 0.448. The number of urea groups is 2. The quantitative estimate of drug-likeness (QED) is 0.0254. The number of hydrogen-bond donors (Lipinski definition) is 7. The van der Waals surface area contributed by atoms with Gasteiger partial charge in [-0.3, -0.25) is 14.9 Å². The van der Waals surface area contributed by atoms with Gasteiger partial charge in [-0.25, -0.2) is 14.6 Å². The molecule has 0 spiro atoms. The van der Waals surface area contributed by atoms with E-state index in [2.05, 4.69) is 86.9 Å². The zero-order valence-corrected chi connectivity index (χ0v) is 51.8. The zero-order chi connectivity index (χ0) is 60.5. The summed E-state index contributed by atoms with van der Waals surface area (Å²) >= 11 is 1.24. The molecule has 1 atom stereocenters. The third-order valence-electron chi connectivity index (χ3n) is 15.6. The monoisotopic (exact) mass is 1180 g/mol. The van der Waals surface area contributed by atoms with Gasteiger partial charge in [0.2, 0.25) is 5.06 Å². The van der Waals surface area contributed by atoms with Crippen molar-refractivity contribution in [2.75, 3.05) is 67.7 Å². The highest BCUT2D eigenvalue weighted by Crippen LogP contribution is 2.38. The van der Waals surface area contributed by atoms with Crippen LogP contribution in [0.3, 0.4) is 0 Å². The van der Waals surface area contributed by atoms with E-state index in [0.717, 1.165) is 68.6 Å². The number of anilines is 4. The third kappa shape index (κ3) is 20.6. The van der Waals surface area contributed by atoms with Crippen molar-refractivity contribution in [1.82, 2.24) is 25.8 Å². The number of nitrogens with zero attached hydrogens (tertiary/aromatic N) is 2. The van der Waals surface area contributed by atoms with Gasteiger partial charge in [0.05, 0.1) is 19.4 Å². The summed E-state index contributed by atoms with van der Waals surface area (Å²) in [5.41, 5.74) is 6.12. The Morgan fingerprint density at radius 2 is 1.22 bits per heavy atom. The van der Waals surface area contributed by atoms with E-state index in [-0.39, 0.29) is 36.0 Å². The Bertz CT molecular complexity index is 3030. The average Bonchev–Trinajstić information content (AvgIpc) is 4.10. The van der Waals surface area contributed by atoms with E-state index < -0.39 is 0 Å². The van der Waals surface area contributed by atoms with Crippen molar-refractivity contribution in [2.24, 2.45) is 11.8 Å². The fourth-order valence-electron chi connectivity index (χ4n) is 10.8. The first-order valence-electron chi connectivity index (χ1n) is 30.4. The number of benzene rings is 5. The number of nitrogens with one attached hydrogen (secondary N) is 7. The van der Waals surface area contributed by atoms with Crippen LogP contribution in [0.1, 0.15) is 149 Å². The van der Waals surface area contributed by atoms with Crippen LogP contribution in [-0.2, 0) is 11.3 Å². The van der Waals surface area contributed by atoms with Crippen LogP contribution < -0.4 is 51.4 Å². The first-order chi connectivity index (χ1) is 41.2. The van der Waals surface area contributed by atoms with Crippen LogP contribution in [0.5, 0.6) is 28.1 Å². The second kappa shape index (κ2) is 33.8. The molecule has 85 heavy (non-hydrogen) atoms. The number of methoxy groups -OCH3 is 1. The van der Waals surface area contributed by atoms with Gasteiger partial charge in [0.1, 0.15) is 23.0 Å². The van der Waals surface area contributed by atoms with Gasteiger partial charge in [0.15, 0.2) is 5.13 Å². The minimum atomic E-state index is -0.246. The topological polar surface area (TPSA) is 206 Å². The zero-order valence-electron chi connectivity index (χ0n) is 50.9. The molecule has 2 aliphatic rings. The molecule has 5 aromatic carbocycles. The average molecular weight is 1180 g/mol. The van der Waals surface area contributed by atoms with Crippen molar-refractivity contribution in [1.29, 1.82) is 0 Å². The van der Waals surface area contributed by atoms with Gasteiger partial charge in [-0.2, -0.15) is 0 Å². The molecule has 2 aliphatic heterocycles. The van der Waals surface area contributed by atoms with Crippen LogP contribution in [0.15, 0.2) is 115 Å². The fourth-order valence-corrected chi connectivity index (χ4v) is 11.4. The molecule has 0 bridgehead atoms. The molecule has 1 unspecified atom stereocenters. The summed E-state index contributed by atoms with van der Waals surface area (Å²) in [4.78, 5) is 57.3. The van der Waals surface area contributed by atoms with Gasteiger partial charge >= 0.3 is 12.1 Å². The lowest BCUT2D eigenvalue weighted by atomic mass is 9.74. The molecule has 2 fully saturated rings. The molecule has 8 rings (SSSR count). The predicted octanol–water partition coefficient (Wildman–Crippen LogP) is 15.0. The van der Waals surface area contributed by atoms with E-state index in [9.17, 15) is 19.2 Å². The Labute approximate surface area is 507 Å². The maximum atomic E-state index is 13.0. The first-order valence-corrected chi connectivity index (χ1v) is 31.2. The minimum Gasteiger partial charge on any atom is -0.494 e. The normalized spacial score (nSPS) is 14.0. The van der Waals surface area contributed by atoms with Gasteiger partial charge in [-0.15, -0.1) is 0 Å². The number of aryl methyl sites for hydroxylation is 1. The van der Waals surface area contributed by atoms with E-state index in [0.29, 0.717) is 86.6 Å². The largest absolute Gasteiger partial charge is 0.494 e. The van der Waals surface area contributed by atoms with E-state index in [1.54, 1.807) is 49.7 Å².